The maximum Gasteiger partial charge on any atom is 0.236 e. The summed E-state index contributed by atoms with van der Waals surface area (Å²) in [6.45, 7) is 6.09. The number of carbonyl (C=O) groups excluding carboxylic acids is 1. The number of amides is 1. The fourth-order valence-electron chi connectivity index (χ4n) is 3.36. The average Bonchev–Trinajstić information content (AvgIpc) is 2.86. The third-order valence-corrected chi connectivity index (χ3v) is 5.57. The largest absolute Gasteiger partial charge is 0.372 e. The molecule has 5 heteroatoms. The highest BCUT2D eigenvalue weighted by Gasteiger charge is 2.30. The van der Waals surface area contributed by atoms with Crippen LogP contribution in [0.1, 0.15) is 33.1 Å². The lowest BCUT2D eigenvalue weighted by atomic mass is 10.2. The molecule has 0 unspecified atom stereocenters. The van der Waals surface area contributed by atoms with Crippen molar-refractivity contribution in [3.05, 3.63) is 0 Å². The molecule has 2 aliphatic rings. The van der Waals surface area contributed by atoms with Crippen LogP contribution in [0.3, 0.4) is 0 Å². The third-order valence-electron chi connectivity index (χ3n) is 4.47. The van der Waals surface area contributed by atoms with E-state index in [0.29, 0.717) is 12.6 Å². The van der Waals surface area contributed by atoms with E-state index in [9.17, 15) is 4.79 Å². The zero-order valence-electron chi connectivity index (χ0n) is 13.2. The summed E-state index contributed by atoms with van der Waals surface area (Å²) in [6, 6.07) is 0.576. The van der Waals surface area contributed by atoms with Gasteiger partial charge in [-0.2, -0.15) is 11.8 Å². The van der Waals surface area contributed by atoms with Crippen LogP contribution in [-0.2, 0) is 9.53 Å². The smallest absolute Gasteiger partial charge is 0.236 e. The molecule has 4 atom stereocenters. The van der Waals surface area contributed by atoms with Gasteiger partial charge < -0.3 is 9.64 Å². The van der Waals surface area contributed by atoms with Crippen molar-refractivity contribution >= 4 is 17.7 Å². The molecule has 20 heavy (non-hydrogen) atoms. The van der Waals surface area contributed by atoms with Crippen molar-refractivity contribution in [3.63, 3.8) is 0 Å². The van der Waals surface area contributed by atoms with E-state index in [4.69, 9.17) is 4.74 Å². The predicted octanol–water partition coefficient (Wildman–Crippen LogP) is 1.84. The minimum absolute atomic E-state index is 0.153. The molecule has 2 fully saturated rings. The highest BCUT2D eigenvalue weighted by Crippen LogP contribution is 2.30. The predicted molar refractivity (Wildman–Crippen MR) is 84.2 cm³/mol. The molecule has 0 N–H and O–H groups in total. The van der Waals surface area contributed by atoms with Gasteiger partial charge in [-0.05, 0) is 46.4 Å². The Balaban J connectivity index is 1.81. The molecule has 1 saturated carbocycles. The summed E-state index contributed by atoms with van der Waals surface area (Å²) in [5, 5.41) is 0.779. The van der Waals surface area contributed by atoms with Gasteiger partial charge in [-0.15, -0.1) is 0 Å². The van der Waals surface area contributed by atoms with Gasteiger partial charge in [0.2, 0.25) is 5.91 Å². The quantitative estimate of drug-likeness (QED) is 0.793. The Bertz CT molecular complexity index is 330. The monoisotopic (exact) mass is 300 g/mol. The Hall–Kier alpha value is -0.260. The summed E-state index contributed by atoms with van der Waals surface area (Å²) in [7, 11) is 2.10. The molecule has 4 nitrogen and oxygen atoms in total. The molecule has 0 aromatic heterocycles. The standard InChI is InChI=1S/C15H28N2O2S/c1-11-8-17(9-12(2)19-11)15(18)10-16(3)13-5-6-14(7-13)20-4/h11-14H,5-10H2,1-4H3/t11-,12+,13-,14-/m1/s1. The summed E-state index contributed by atoms with van der Waals surface area (Å²) >= 11 is 1.96. The number of hydrogen-bond donors (Lipinski definition) is 0. The van der Waals surface area contributed by atoms with Crippen molar-refractivity contribution in [1.82, 2.24) is 9.80 Å². The Kier molecular flexibility index (Phi) is 5.75. The first-order valence-electron chi connectivity index (χ1n) is 7.65. The zero-order valence-corrected chi connectivity index (χ0v) is 14.0. The Morgan fingerprint density at radius 3 is 2.50 bits per heavy atom. The number of ether oxygens (including phenoxy) is 1. The lowest BCUT2D eigenvalue weighted by Gasteiger charge is -2.36. The number of rotatable bonds is 4. The van der Waals surface area contributed by atoms with Crippen molar-refractivity contribution in [1.29, 1.82) is 0 Å². The Morgan fingerprint density at radius 2 is 1.95 bits per heavy atom. The third kappa shape index (κ3) is 4.12. The molecule has 1 aliphatic heterocycles. The molecule has 1 aliphatic carbocycles. The molecule has 1 saturated heterocycles. The van der Waals surface area contributed by atoms with Crippen molar-refractivity contribution in [2.45, 2.75) is 56.6 Å². The summed E-state index contributed by atoms with van der Waals surface area (Å²) in [5.74, 6) is 0.252. The highest BCUT2D eigenvalue weighted by atomic mass is 32.2. The second kappa shape index (κ2) is 7.14. The molecule has 1 heterocycles. The second-order valence-electron chi connectivity index (χ2n) is 6.30. The zero-order chi connectivity index (χ0) is 14.7. The van der Waals surface area contributed by atoms with Crippen LogP contribution in [0.15, 0.2) is 0 Å². The van der Waals surface area contributed by atoms with Crippen molar-refractivity contribution in [2.24, 2.45) is 0 Å². The second-order valence-corrected chi connectivity index (χ2v) is 7.43. The number of likely N-dealkylation sites (N-methyl/N-ethyl adjacent to an activating group) is 1. The van der Waals surface area contributed by atoms with Crippen LogP contribution in [0.5, 0.6) is 0 Å². The van der Waals surface area contributed by atoms with E-state index in [1.165, 1.54) is 19.3 Å². The summed E-state index contributed by atoms with van der Waals surface area (Å²) in [5.41, 5.74) is 0. The lowest BCUT2D eigenvalue weighted by Crippen LogP contribution is -2.51. The van der Waals surface area contributed by atoms with Gasteiger partial charge in [-0.3, -0.25) is 9.69 Å². The number of nitrogens with zero attached hydrogens (tertiary/aromatic N) is 2. The molecule has 2 rings (SSSR count). The van der Waals surface area contributed by atoms with E-state index >= 15 is 0 Å². The fourth-order valence-corrected chi connectivity index (χ4v) is 4.14. The minimum Gasteiger partial charge on any atom is -0.372 e. The van der Waals surface area contributed by atoms with Gasteiger partial charge in [0.15, 0.2) is 0 Å². The van der Waals surface area contributed by atoms with Crippen LogP contribution in [0, 0.1) is 0 Å². The topological polar surface area (TPSA) is 32.8 Å². The van der Waals surface area contributed by atoms with Crippen molar-refractivity contribution < 1.29 is 9.53 Å². The molecule has 0 spiro atoms. The van der Waals surface area contributed by atoms with Crippen LogP contribution in [0.2, 0.25) is 0 Å². The number of hydrogen-bond acceptors (Lipinski definition) is 4. The Labute approximate surface area is 127 Å². The van der Waals surface area contributed by atoms with Crippen LogP contribution < -0.4 is 0 Å². The van der Waals surface area contributed by atoms with Gasteiger partial charge in [0.1, 0.15) is 0 Å². The number of thioether (sulfide) groups is 1. The molecule has 1 amide bonds. The SMILES string of the molecule is CS[C@@H]1CC[C@@H](N(C)CC(=O)N2C[C@@H](C)O[C@@H](C)C2)C1. The van der Waals surface area contributed by atoms with E-state index < -0.39 is 0 Å². The van der Waals surface area contributed by atoms with E-state index in [1.807, 2.05) is 30.5 Å². The van der Waals surface area contributed by atoms with Crippen LogP contribution in [0.4, 0.5) is 0 Å². The Morgan fingerprint density at radius 1 is 1.30 bits per heavy atom. The summed E-state index contributed by atoms with van der Waals surface area (Å²) in [6.07, 6.45) is 6.23. The average molecular weight is 300 g/mol. The number of morpholine rings is 1. The molecular weight excluding hydrogens is 272 g/mol. The van der Waals surface area contributed by atoms with Gasteiger partial charge in [-0.1, -0.05) is 0 Å². The maximum absolute atomic E-state index is 12.4. The van der Waals surface area contributed by atoms with Gasteiger partial charge in [0.25, 0.3) is 0 Å². The minimum atomic E-state index is 0.153. The first kappa shape index (κ1) is 16.1. The molecular formula is C15H28N2O2S. The van der Waals surface area contributed by atoms with E-state index in [2.05, 4.69) is 18.2 Å². The lowest BCUT2D eigenvalue weighted by molar-refractivity contribution is -0.144. The first-order valence-corrected chi connectivity index (χ1v) is 8.94. The fraction of sp³-hybridized carbons (Fsp3) is 0.933. The molecule has 116 valence electrons. The van der Waals surface area contributed by atoms with Gasteiger partial charge in [-0.25, -0.2) is 0 Å². The molecule has 0 aromatic rings. The van der Waals surface area contributed by atoms with Crippen molar-refractivity contribution in [2.75, 3.05) is 32.9 Å². The van der Waals surface area contributed by atoms with Gasteiger partial charge in [0, 0.05) is 24.4 Å². The van der Waals surface area contributed by atoms with E-state index in [1.54, 1.807) is 0 Å². The first-order chi connectivity index (χ1) is 9.49. The van der Waals surface area contributed by atoms with Crippen LogP contribution in [-0.4, -0.2) is 72.1 Å². The van der Waals surface area contributed by atoms with E-state index in [-0.39, 0.29) is 18.1 Å². The van der Waals surface area contributed by atoms with Crippen molar-refractivity contribution in [3.8, 4) is 0 Å². The molecule has 0 radical (unpaired) electrons. The molecule has 0 bridgehead atoms. The van der Waals surface area contributed by atoms with Gasteiger partial charge in [0.05, 0.1) is 18.8 Å². The van der Waals surface area contributed by atoms with Gasteiger partial charge >= 0.3 is 0 Å². The highest BCUT2D eigenvalue weighted by molar-refractivity contribution is 7.99. The normalized spacial score (nSPS) is 34.8. The summed E-state index contributed by atoms with van der Waals surface area (Å²) in [4.78, 5) is 16.7. The maximum atomic E-state index is 12.4. The van der Waals surface area contributed by atoms with Crippen LogP contribution in [0.25, 0.3) is 0 Å². The summed E-state index contributed by atoms with van der Waals surface area (Å²) < 4.78 is 5.69. The van der Waals surface area contributed by atoms with E-state index in [0.717, 1.165) is 18.3 Å². The van der Waals surface area contributed by atoms with Crippen LogP contribution >= 0.6 is 11.8 Å². The molecule has 0 aromatic carbocycles. The number of carbonyl (C=O) groups is 1.